The zero-order valence-electron chi connectivity index (χ0n) is 19.0. The normalized spacial score (nSPS) is 10.8. The molecule has 0 aliphatic heterocycles. The molecule has 4 aromatic rings. The van der Waals surface area contributed by atoms with Gasteiger partial charge in [0, 0.05) is 10.2 Å². The van der Waals surface area contributed by atoms with Crippen molar-refractivity contribution in [2.75, 3.05) is 11.1 Å². The van der Waals surface area contributed by atoms with Crippen LogP contribution < -0.4 is 10.1 Å². The molecule has 0 bridgehead atoms. The number of hydrogen-bond donors (Lipinski definition) is 1. The van der Waals surface area contributed by atoms with Gasteiger partial charge in [0.2, 0.25) is 5.91 Å². The molecule has 0 unspecified atom stereocenters. The topological polar surface area (TPSA) is 69.0 Å². The van der Waals surface area contributed by atoms with Gasteiger partial charge in [0.1, 0.15) is 12.4 Å². The van der Waals surface area contributed by atoms with Gasteiger partial charge in [-0.25, -0.2) is 0 Å². The zero-order valence-corrected chi connectivity index (χ0v) is 21.4. The molecule has 0 atom stereocenters. The molecule has 3 aromatic carbocycles. The third-order valence-corrected chi connectivity index (χ3v) is 6.87. The first-order valence-corrected chi connectivity index (χ1v) is 12.6. The second kappa shape index (κ2) is 11.4. The maximum atomic E-state index is 12.6. The highest BCUT2D eigenvalue weighted by atomic mass is 79.9. The number of aryl methyl sites for hydroxylation is 1. The number of nitrogens with zero attached hydrogens (tertiary/aromatic N) is 3. The largest absolute Gasteiger partial charge is 0.486 e. The molecule has 1 aromatic heterocycles. The van der Waals surface area contributed by atoms with E-state index in [1.807, 2.05) is 79.1 Å². The summed E-state index contributed by atoms with van der Waals surface area (Å²) in [6.45, 7) is 4.90. The van der Waals surface area contributed by atoms with Gasteiger partial charge in [-0.1, -0.05) is 70.2 Å². The second-order valence-corrected chi connectivity index (χ2v) is 9.66. The average molecular weight is 537 g/mol. The summed E-state index contributed by atoms with van der Waals surface area (Å²) in [5.41, 5.74) is 4.16. The van der Waals surface area contributed by atoms with Crippen molar-refractivity contribution < 1.29 is 9.53 Å². The fraction of sp³-hybridized carbons (Fsp3) is 0.192. The van der Waals surface area contributed by atoms with Crippen LogP contribution in [-0.4, -0.2) is 26.4 Å². The predicted molar refractivity (Wildman–Crippen MR) is 139 cm³/mol. The third kappa shape index (κ3) is 6.27. The van der Waals surface area contributed by atoms with Crippen molar-refractivity contribution >= 4 is 39.3 Å². The number of hydrogen-bond acceptors (Lipinski definition) is 5. The quantitative estimate of drug-likeness (QED) is 0.265. The minimum atomic E-state index is -0.0828. The van der Waals surface area contributed by atoms with Crippen LogP contribution in [0.4, 0.5) is 5.69 Å². The molecule has 0 fully saturated rings. The van der Waals surface area contributed by atoms with E-state index in [4.69, 9.17) is 4.74 Å². The highest BCUT2D eigenvalue weighted by Gasteiger charge is 2.16. The average Bonchev–Trinajstić information content (AvgIpc) is 3.22. The van der Waals surface area contributed by atoms with Crippen LogP contribution in [0.25, 0.3) is 0 Å². The van der Waals surface area contributed by atoms with E-state index in [9.17, 15) is 4.79 Å². The summed E-state index contributed by atoms with van der Waals surface area (Å²) in [6, 6.07) is 23.7. The number of thioether (sulfide) groups is 1. The first kappa shape index (κ1) is 24.0. The van der Waals surface area contributed by atoms with Crippen LogP contribution in [0.3, 0.4) is 0 Å². The highest BCUT2D eigenvalue weighted by molar-refractivity contribution is 9.10. The number of carbonyl (C=O) groups is 1. The van der Waals surface area contributed by atoms with Crippen molar-refractivity contribution in [3.8, 4) is 5.75 Å². The molecule has 0 saturated carbocycles. The fourth-order valence-corrected chi connectivity index (χ4v) is 4.36. The predicted octanol–water partition coefficient (Wildman–Crippen LogP) is 6.02. The van der Waals surface area contributed by atoms with Gasteiger partial charge in [-0.15, -0.1) is 10.2 Å². The first-order chi connectivity index (χ1) is 16.5. The van der Waals surface area contributed by atoms with Gasteiger partial charge >= 0.3 is 0 Å². The Morgan fingerprint density at radius 1 is 1.00 bits per heavy atom. The second-order valence-electron chi connectivity index (χ2n) is 7.80. The molecule has 8 heteroatoms. The van der Waals surface area contributed by atoms with Gasteiger partial charge < -0.3 is 10.1 Å². The fourth-order valence-electron chi connectivity index (χ4n) is 3.34. The van der Waals surface area contributed by atoms with E-state index in [0.717, 1.165) is 32.6 Å². The van der Waals surface area contributed by atoms with Gasteiger partial charge in [0.15, 0.2) is 11.0 Å². The van der Waals surface area contributed by atoms with Crippen molar-refractivity contribution in [3.05, 3.63) is 99.8 Å². The number of benzene rings is 3. The highest BCUT2D eigenvalue weighted by Crippen LogP contribution is 2.23. The lowest BCUT2D eigenvalue weighted by molar-refractivity contribution is -0.113. The van der Waals surface area contributed by atoms with E-state index in [0.29, 0.717) is 17.5 Å². The minimum Gasteiger partial charge on any atom is -0.486 e. The summed E-state index contributed by atoms with van der Waals surface area (Å²) in [4.78, 5) is 12.6. The number of amides is 1. The van der Waals surface area contributed by atoms with Crippen molar-refractivity contribution in [1.82, 2.24) is 14.8 Å². The number of nitrogens with one attached hydrogen (secondary N) is 1. The van der Waals surface area contributed by atoms with Crippen molar-refractivity contribution in [1.29, 1.82) is 0 Å². The Morgan fingerprint density at radius 2 is 1.76 bits per heavy atom. The first-order valence-electron chi connectivity index (χ1n) is 10.8. The minimum absolute atomic E-state index is 0.0828. The Bertz CT molecular complexity index is 1260. The van der Waals surface area contributed by atoms with E-state index in [1.165, 1.54) is 11.8 Å². The molecule has 6 nitrogen and oxygen atoms in total. The molecule has 0 saturated heterocycles. The molecule has 1 N–H and O–H groups in total. The van der Waals surface area contributed by atoms with Crippen LogP contribution in [0.15, 0.2) is 82.4 Å². The monoisotopic (exact) mass is 536 g/mol. The Kier molecular flexibility index (Phi) is 8.03. The summed E-state index contributed by atoms with van der Waals surface area (Å²) < 4.78 is 8.93. The number of halogens is 1. The summed E-state index contributed by atoms with van der Waals surface area (Å²) in [7, 11) is 0. The number of rotatable bonds is 9. The molecule has 0 radical (unpaired) electrons. The van der Waals surface area contributed by atoms with E-state index in [2.05, 4.69) is 43.6 Å². The number of aromatic nitrogens is 3. The Labute approximate surface area is 211 Å². The van der Waals surface area contributed by atoms with Gasteiger partial charge in [-0.2, -0.15) is 0 Å². The molecule has 174 valence electrons. The van der Waals surface area contributed by atoms with Crippen LogP contribution >= 0.6 is 27.7 Å². The lowest BCUT2D eigenvalue weighted by Crippen LogP contribution is -2.16. The van der Waals surface area contributed by atoms with Gasteiger partial charge in [-0.3, -0.25) is 9.36 Å². The molecule has 34 heavy (non-hydrogen) atoms. The van der Waals surface area contributed by atoms with E-state index in [1.54, 1.807) is 0 Å². The van der Waals surface area contributed by atoms with E-state index < -0.39 is 0 Å². The molecule has 0 aliphatic carbocycles. The number of anilines is 1. The Hall–Kier alpha value is -3.10. The van der Waals surface area contributed by atoms with Crippen molar-refractivity contribution in [3.63, 3.8) is 0 Å². The van der Waals surface area contributed by atoms with Crippen LogP contribution in [-0.2, 0) is 17.9 Å². The maximum absolute atomic E-state index is 12.6. The van der Waals surface area contributed by atoms with E-state index in [-0.39, 0.29) is 18.3 Å². The van der Waals surface area contributed by atoms with Crippen LogP contribution in [0.5, 0.6) is 5.75 Å². The summed E-state index contributed by atoms with van der Waals surface area (Å²) >= 11 is 4.80. The summed E-state index contributed by atoms with van der Waals surface area (Å²) in [5, 5.41) is 12.4. The maximum Gasteiger partial charge on any atom is 0.234 e. The summed E-state index contributed by atoms with van der Waals surface area (Å²) in [6.07, 6.45) is 0. The van der Waals surface area contributed by atoms with Gasteiger partial charge in [-0.05, 0) is 60.9 Å². The lowest BCUT2D eigenvalue weighted by Gasteiger charge is -2.12. The molecule has 1 heterocycles. The number of carbonyl (C=O) groups excluding carboxylic acids is 1. The molecule has 4 rings (SSSR count). The van der Waals surface area contributed by atoms with Crippen LogP contribution in [0.2, 0.25) is 0 Å². The third-order valence-electron chi connectivity index (χ3n) is 5.37. The zero-order chi connectivity index (χ0) is 23.9. The van der Waals surface area contributed by atoms with E-state index >= 15 is 0 Å². The van der Waals surface area contributed by atoms with Crippen LogP contribution in [0.1, 0.15) is 22.5 Å². The Morgan fingerprint density at radius 3 is 2.53 bits per heavy atom. The van der Waals surface area contributed by atoms with Crippen LogP contribution in [0, 0.1) is 13.8 Å². The molecule has 1 amide bonds. The van der Waals surface area contributed by atoms with Crippen molar-refractivity contribution in [2.24, 2.45) is 0 Å². The van der Waals surface area contributed by atoms with Crippen molar-refractivity contribution in [2.45, 2.75) is 32.2 Å². The number of ether oxygens (including phenoxy) is 1. The smallest absolute Gasteiger partial charge is 0.234 e. The molecular weight excluding hydrogens is 512 g/mol. The van der Waals surface area contributed by atoms with Gasteiger partial charge in [0.05, 0.1) is 12.3 Å². The Balaban J connectivity index is 1.47. The summed E-state index contributed by atoms with van der Waals surface area (Å²) in [5.74, 6) is 1.60. The molecular formula is C26H25BrN4O2S. The van der Waals surface area contributed by atoms with Gasteiger partial charge in [0.25, 0.3) is 0 Å². The molecule has 0 aliphatic rings. The SMILES string of the molecule is Cc1cccc(NC(=O)CSc2nnc(COc3ccc(Br)cc3)n2Cc2ccccc2)c1C. The molecule has 0 spiro atoms. The standard InChI is InChI=1S/C26H25BrN4O2S/c1-18-7-6-10-23(19(18)2)28-25(32)17-34-26-30-29-24(16-33-22-13-11-21(27)12-14-22)31(26)15-20-8-4-3-5-9-20/h3-14H,15-17H2,1-2H3,(H,28,32). The lowest BCUT2D eigenvalue weighted by atomic mass is 10.1.